The number of carbonyl (C=O) groups excluding carboxylic acids is 1. The van der Waals surface area contributed by atoms with Gasteiger partial charge in [-0.1, -0.05) is 30.3 Å². The van der Waals surface area contributed by atoms with E-state index in [9.17, 15) is 4.79 Å². The molecule has 1 aromatic rings. The second-order valence-corrected chi connectivity index (χ2v) is 3.45. The van der Waals surface area contributed by atoms with Crippen molar-refractivity contribution in [2.75, 3.05) is 0 Å². The summed E-state index contributed by atoms with van der Waals surface area (Å²) < 4.78 is 5.09. The molecule has 1 fully saturated rings. The molecule has 0 aliphatic carbocycles. The molecular formula is C11H12O2. The monoisotopic (exact) mass is 176 g/mol. The summed E-state index contributed by atoms with van der Waals surface area (Å²) in [6, 6.07) is 9.80. The fraction of sp³-hybridized carbons (Fsp3) is 0.364. The molecule has 1 heterocycles. The van der Waals surface area contributed by atoms with Crippen molar-refractivity contribution in [3.05, 3.63) is 35.9 Å². The van der Waals surface area contributed by atoms with Crippen LogP contribution in [0.5, 0.6) is 0 Å². The van der Waals surface area contributed by atoms with Gasteiger partial charge in [-0.25, -0.2) is 0 Å². The van der Waals surface area contributed by atoms with Gasteiger partial charge in [0.2, 0.25) is 0 Å². The van der Waals surface area contributed by atoms with Crippen LogP contribution in [0.15, 0.2) is 30.3 Å². The first-order valence-corrected chi connectivity index (χ1v) is 4.53. The molecule has 1 saturated heterocycles. The standard InChI is InChI=1S/C11H12O2/c1-8-7-10(11(12)13-8)9-5-3-2-4-6-9/h2-6,8,10H,7H2,1H3. The molecule has 13 heavy (non-hydrogen) atoms. The number of cyclic esters (lactones) is 1. The minimum absolute atomic E-state index is 0.0452. The first-order valence-electron chi connectivity index (χ1n) is 4.53. The van der Waals surface area contributed by atoms with Crippen LogP contribution in [0.1, 0.15) is 24.8 Å². The van der Waals surface area contributed by atoms with E-state index in [0.29, 0.717) is 0 Å². The number of rotatable bonds is 1. The van der Waals surface area contributed by atoms with Gasteiger partial charge in [0.25, 0.3) is 0 Å². The van der Waals surface area contributed by atoms with E-state index in [1.54, 1.807) is 0 Å². The summed E-state index contributed by atoms with van der Waals surface area (Å²) in [5.41, 5.74) is 1.07. The molecule has 1 aromatic carbocycles. The van der Waals surface area contributed by atoms with Crippen LogP contribution in [0.25, 0.3) is 0 Å². The molecule has 2 unspecified atom stereocenters. The Kier molecular flexibility index (Phi) is 2.05. The maximum Gasteiger partial charge on any atom is 0.313 e. The van der Waals surface area contributed by atoms with Crippen molar-refractivity contribution in [3.8, 4) is 0 Å². The average molecular weight is 176 g/mol. The van der Waals surface area contributed by atoms with Crippen molar-refractivity contribution in [2.45, 2.75) is 25.4 Å². The molecule has 0 spiro atoms. The second kappa shape index (κ2) is 3.21. The van der Waals surface area contributed by atoms with Crippen molar-refractivity contribution >= 4 is 5.97 Å². The fourth-order valence-corrected chi connectivity index (χ4v) is 1.71. The first-order chi connectivity index (χ1) is 6.27. The summed E-state index contributed by atoms with van der Waals surface area (Å²) >= 11 is 0. The van der Waals surface area contributed by atoms with Gasteiger partial charge in [0.15, 0.2) is 0 Å². The zero-order valence-electron chi connectivity index (χ0n) is 7.57. The first kappa shape index (κ1) is 8.30. The van der Waals surface area contributed by atoms with Crippen LogP contribution in [0.4, 0.5) is 0 Å². The maximum absolute atomic E-state index is 11.4. The lowest BCUT2D eigenvalue weighted by Crippen LogP contribution is -2.05. The summed E-state index contributed by atoms with van der Waals surface area (Å²) in [5.74, 6) is -0.130. The molecule has 2 nitrogen and oxygen atoms in total. The number of hydrogen-bond acceptors (Lipinski definition) is 2. The Balaban J connectivity index is 2.23. The van der Waals surface area contributed by atoms with Gasteiger partial charge < -0.3 is 4.74 Å². The Morgan fingerprint density at radius 1 is 1.31 bits per heavy atom. The zero-order chi connectivity index (χ0) is 9.26. The summed E-state index contributed by atoms with van der Waals surface area (Å²) in [6.07, 6.45) is 0.876. The van der Waals surface area contributed by atoms with Crippen molar-refractivity contribution in [1.29, 1.82) is 0 Å². The summed E-state index contributed by atoms with van der Waals surface area (Å²) in [5, 5.41) is 0. The smallest absolute Gasteiger partial charge is 0.313 e. The molecule has 2 rings (SSSR count). The number of esters is 1. The molecule has 0 saturated carbocycles. The number of hydrogen-bond donors (Lipinski definition) is 0. The molecule has 0 amide bonds. The minimum Gasteiger partial charge on any atom is -0.462 e. The Labute approximate surface area is 77.5 Å². The predicted molar refractivity (Wildman–Crippen MR) is 49.4 cm³/mol. The lowest BCUT2D eigenvalue weighted by atomic mass is 9.96. The molecule has 2 atom stereocenters. The number of benzene rings is 1. The third kappa shape index (κ3) is 1.57. The van der Waals surface area contributed by atoms with Crippen LogP contribution in [-0.2, 0) is 9.53 Å². The van der Waals surface area contributed by atoms with Gasteiger partial charge in [-0.15, -0.1) is 0 Å². The highest BCUT2D eigenvalue weighted by Crippen LogP contribution is 2.29. The van der Waals surface area contributed by atoms with E-state index in [0.717, 1.165) is 12.0 Å². The molecule has 0 radical (unpaired) electrons. The van der Waals surface area contributed by atoms with Gasteiger partial charge >= 0.3 is 5.97 Å². The largest absolute Gasteiger partial charge is 0.462 e. The highest BCUT2D eigenvalue weighted by Gasteiger charge is 2.32. The lowest BCUT2D eigenvalue weighted by Gasteiger charge is -2.03. The molecule has 0 N–H and O–H groups in total. The van der Waals surface area contributed by atoms with Gasteiger partial charge in [0.1, 0.15) is 6.10 Å². The van der Waals surface area contributed by atoms with E-state index in [-0.39, 0.29) is 18.0 Å². The van der Waals surface area contributed by atoms with Gasteiger partial charge in [0, 0.05) is 6.42 Å². The zero-order valence-corrected chi connectivity index (χ0v) is 7.57. The Hall–Kier alpha value is -1.31. The Morgan fingerprint density at radius 3 is 2.54 bits per heavy atom. The lowest BCUT2D eigenvalue weighted by molar-refractivity contribution is -0.141. The van der Waals surface area contributed by atoms with Crippen LogP contribution in [0, 0.1) is 0 Å². The quantitative estimate of drug-likeness (QED) is 0.612. The molecule has 2 heteroatoms. The SMILES string of the molecule is CC1CC(c2ccccc2)C(=O)O1. The average Bonchev–Trinajstić information content (AvgIpc) is 2.47. The Bertz CT molecular complexity index is 305. The van der Waals surface area contributed by atoms with Crippen molar-refractivity contribution in [3.63, 3.8) is 0 Å². The normalized spacial score (nSPS) is 27.3. The minimum atomic E-state index is -0.0845. The molecule has 68 valence electrons. The van der Waals surface area contributed by atoms with Crippen molar-refractivity contribution in [1.82, 2.24) is 0 Å². The summed E-state index contributed by atoms with van der Waals surface area (Å²) in [7, 11) is 0. The van der Waals surface area contributed by atoms with Crippen molar-refractivity contribution < 1.29 is 9.53 Å². The van der Waals surface area contributed by atoms with E-state index < -0.39 is 0 Å². The van der Waals surface area contributed by atoms with Crippen LogP contribution >= 0.6 is 0 Å². The van der Waals surface area contributed by atoms with Gasteiger partial charge in [-0.3, -0.25) is 4.79 Å². The molecule has 0 aromatic heterocycles. The van der Waals surface area contributed by atoms with Crippen LogP contribution < -0.4 is 0 Å². The van der Waals surface area contributed by atoms with Gasteiger partial charge in [-0.2, -0.15) is 0 Å². The molecule has 1 aliphatic rings. The van der Waals surface area contributed by atoms with E-state index in [2.05, 4.69) is 0 Å². The van der Waals surface area contributed by atoms with E-state index in [1.165, 1.54) is 0 Å². The van der Waals surface area contributed by atoms with E-state index in [4.69, 9.17) is 4.74 Å². The summed E-state index contributed by atoms with van der Waals surface area (Å²) in [4.78, 5) is 11.4. The fourth-order valence-electron chi connectivity index (χ4n) is 1.71. The van der Waals surface area contributed by atoms with E-state index in [1.807, 2.05) is 37.3 Å². The predicted octanol–water partition coefficient (Wildman–Crippen LogP) is 2.11. The van der Waals surface area contributed by atoms with Crippen LogP contribution in [0.3, 0.4) is 0 Å². The maximum atomic E-state index is 11.4. The Morgan fingerprint density at radius 2 is 2.00 bits per heavy atom. The van der Waals surface area contributed by atoms with Crippen LogP contribution in [0.2, 0.25) is 0 Å². The van der Waals surface area contributed by atoms with Crippen molar-refractivity contribution in [2.24, 2.45) is 0 Å². The van der Waals surface area contributed by atoms with Gasteiger partial charge in [-0.05, 0) is 12.5 Å². The third-order valence-electron chi connectivity index (χ3n) is 2.37. The number of ether oxygens (including phenoxy) is 1. The molecule has 1 aliphatic heterocycles. The van der Waals surface area contributed by atoms with E-state index >= 15 is 0 Å². The summed E-state index contributed by atoms with van der Waals surface area (Å²) in [6.45, 7) is 1.93. The molecule has 0 bridgehead atoms. The third-order valence-corrected chi connectivity index (χ3v) is 2.37. The topological polar surface area (TPSA) is 26.3 Å². The van der Waals surface area contributed by atoms with Crippen LogP contribution in [-0.4, -0.2) is 12.1 Å². The highest BCUT2D eigenvalue weighted by atomic mass is 16.5. The second-order valence-electron chi connectivity index (χ2n) is 3.45. The number of carbonyl (C=O) groups is 1. The molecular weight excluding hydrogens is 164 g/mol. The highest BCUT2D eigenvalue weighted by molar-refractivity contribution is 5.80. The van der Waals surface area contributed by atoms with Gasteiger partial charge in [0.05, 0.1) is 5.92 Å².